The molecule has 1 aromatic heterocycles. The zero-order valence-corrected chi connectivity index (χ0v) is 58.6. The number of aliphatic imine (C=N–C) groups is 2. The Morgan fingerprint density at radius 3 is 1.58 bits per heavy atom. The number of guanidine groups is 2. The number of phenolic OH excluding ortho intramolecular Hbond substituents is 1. The molecule has 0 aliphatic rings. The lowest BCUT2D eigenvalue weighted by atomic mass is 9.89. The second kappa shape index (κ2) is 45.7. The number of ketones is 3. The zero-order chi connectivity index (χ0) is 74.5. The largest absolute Gasteiger partial charge is 0.508 e. The average molecular weight is 1410 g/mol. The number of aromatic amines is 1. The number of nitrogens with one attached hydrogen (secondary N) is 8. The minimum atomic E-state index is -1.86. The van der Waals surface area contributed by atoms with Crippen LogP contribution < -0.4 is 71.6 Å². The van der Waals surface area contributed by atoms with E-state index >= 15 is 0 Å². The maximum absolute atomic E-state index is 14.9. The minimum absolute atomic E-state index is 0.00861. The number of nitrogens with zero attached hydrogens (tertiary/aromatic N) is 3. The number of aromatic nitrogens is 2. The van der Waals surface area contributed by atoms with E-state index in [0.29, 0.717) is 36.3 Å². The monoisotopic (exact) mass is 1410 g/mol. The number of unbranched alkanes of at least 4 members (excludes halogenated alkanes) is 1. The van der Waals surface area contributed by atoms with Crippen molar-refractivity contribution in [1.82, 2.24) is 47.2 Å². The lowest BCUT2D eigenvalue weighted by Crippen LogP contribution is -2.60. The molecule has 0 fully saturated rings. The summed E-state index contributed by atoms with van der Waals surface area (Å²) < 4.78 is 0. The number of aromatic hydroxyl groups is 1. The number of aliphatic carboxylic acids is 1. The van der Waals surface area contributed by atoms with Gasteiger partial charge in [-0.25, -0.2) is 4.98 Å². The highest BCUT2D eigenvalue weighted by atomic mass is 32.2. The molecule has 8 amide bonds. The number of rotatable bonds is 51. The first-order valence-corrected chi connectivity index (χ1v) is 34.6. The number of thioether (sulfide) groups is 1. The fraction of sp³-hybridized carbons (Fsp3) is 0.646. The second-order valence-electron chi connectivity index (χ2n) is 25.6. The molecule has 1 aromatic carbocycles. The van der Waals surface area contributed by atoms with Gasteiger partial charge in [-0.05, 0) is 113 Å². The number of nitrogens with two attached hydrogens (primary N) is 6. The predicted octanol–water partition coefficient (Wildman–Crippen LogP) is -1.93. The Balaban J connectivity index is 2.57. The van der Waals surface area contributed by atoms with E-state index in [0.717, 1.165) is 0 Å². The van der Waals surface area contributed by atoms with Crippen LogP contribution in [0.3, 0.4) is 0 Å². The van der Waals surface area contributed by atoms with Gasteiger partial charge < -0.3 is 97.0 Å². The molecule has 2 rings (SSSR count). The van der Waals surface area contributed by atoms with Crippen LogP contribution >= 0.6 is 11.8 Å². The summed E-state index contributed by atoms with van der Waals surface area (Å²) in [6, 6.07) is -4.39. The molecule has 0 aliphatic heterocycles. The van der Waals surface area contributed by atoms with Gasteiger partial charge >= 0.3 is 5.97 Å². The van der Waals surface area contributed by atoms with Crippen molar-refractivity contribution in [3.63, 3.8) is 0 Å². The molecule has 2 aromatic rings. The van der Waals surface area contributed by atoms with Gasteiger partial charge in [0.15, 0.2) is 23.5 Å². The number of carbonyl (C=O) groups excluding carboxylic acids is 11. The Morgan fingerprint density at radius 2 is 1.04 bits per heavy atom. The van der Waals surface area contributed by atoms with Gasteiger partial charge in [0.1, 0.15) is 41.7 Å². The number of H-pyrrole nitrogens is 1. The number of carbonyl (C=O) groups is 12. The van der Waals surface area contributed by atoms with Gasteiger partial charge in [-0.1, -0.05) is 53.2 Å². The molecule has 0 unspecified atom stereocenters. The van der Waals surface area contributed by atoms with Crippen molar-refractivity contribution in [3.8, 4) is 5.75 Å². The normalized spacial score (nSPS) is 14.9. The van der Waals surface area contributed by atoms with Crippen LogP contribution in [0.15, 0.2) is 46.8 Å². The summed E-state index contributed by atoms with van der Waals surface area (Å²) in [4.78, 5) is 182. The Bertz CT molecular complexity index is 3000. The lowest BCUT2D eigenvalue weighted by Gasteiger charge is -2.28. The van der Waals surface area contributed by atoms with Crippen molar-refractivity contribution in [2.24, 2.45) is 79.9 Å². The fourth-order valence-corrected chi connectivity index (χ4v) is 11.0. The Kier molecular flexibility index (Phi) is 39.9. The summed E-state index contributed by atoms with van der Waals surface area (Å²) in [6.07, 6.45) is 1.14. The molecule has 0 spiro atoms. The number of carboxylic acids is 1. The van der Waals surface area contributed by atoms with Crippen molar-refractivity contribution < 1.29 is 78.0 Å². The molecule has 34 heteroatoms. The number of aliphatic hydroxyl groups excluding tert-OH is 2. The maximum atomic E-state index is 14.9. The molecule has 24 N–H and O–H groups in total. The predicted molar refractivity (Wildman–Crippen MR) is 371 cm³/mol. The lowest BCUT2D eigenvalue weighted by molar-refractivity contribution is -0.142. The fourth-order valence-electron chi connectivity index (χ4n) is 10.6. The van der Waals surface area contributed by atoms with Gasteiger partial charge in [0.2, 0.25) is 47.3 Å². The number of benzene rings is 1. The first-order valence-electron chi connectivity index (χ1n) is 33.3. The van der Waals surface area contributed by atoms with E-state index in [4.69, 9.17) is 34.4 Å². The van der Waals surface area contributed by atoms with E-state index in [1.807, 2.05) is 13.8 Å². The molecule has 0 bridgehead atoms. The third-order valence-electron chi connectivity index (χ3n) is 16.1. The van der Waals surface area contributed by atoms with Crippen LogP contribution in [0.4, 0.5) is 0 Å². The van der Waals surface area contributed by atoms with E-state index < -0.39 is 163 Å². The smallest absolute Gasteiger partial charge is 0.305 e. The maximum Gasteiger partial charge on any atom is 0.305 e. The van der Waals surface area contributed by atoms with Gasteiger partial charge in [-0.15, -0.1) is 0 Å². The van der Waals surface area contributed by atoms with Gasteiger partial charge in [0.25, 0.3) is 0 Å². The molecule has 0 aliphatic carbocycles. The number of primary amides is 1. The minimum Gasteiger partial charge on any atom is -0.508 e. The molecule has 0 radical (unpaired) electrons. The van der Waals surface area contributed by atoms with Crippen LogP contribution in [-0.4, -0.2) is 200 Å². The van der Waals surface area contributed by atoms with E-state index in [1.165, 1.54) is 55.5 Å². The van der Waals surface area contributed by atoms with Crippen LogP contribution in [0.25, 0.3) is 0 Å². The molecule has 1 heterocycles. The average Bonchev–Trinajstić information content (AvgIpc) is 1.10. The van der Waals surface area contributed by atoms with Crippen molar-refractivity contribution in [2.45, 2.75) is 193 Å². The second-order valence-corrected chi connectivity index (χ2v) is 26.6. The third-order valence-corrected chi connectivity index (χ3v) is 16.8. The topological polar surface area (TPSA) is 579 Å². The van der Waals surface area contributed by atoms with E-state index in [1.54, 1.807) is 27.0 Å². The Labute approximate surface area is 581 Å². The van der Waals surface area contributed by atoms with Gasteiger partial charge in [0, 0.05) is 68.9 Å². The molecule has 0 saturated heterocycles. The third kappa shape index (κ3) is 34.0. The number of Topliss-reactive ketones (excluding diaryl/α,β-unsaturated/α-hetero) is 3. The number of imidazole rings is 1. The van der Waals surface area contributed by atoms with Crippen LogP contribution in [0.1, 0.15) is 143 Å². The summed E-state index contributed by atoms with van der Waals surface area (Å²) in [5, 5.41) is 59.8. The van der Waals surface area contributed by atoms with Crippen LogP contribution in [0, 0.1) is 35.5 Å². The highest BCUT2D eigenvalue weighted by Gasteiger charge is 2.38. The Morgan fingerprint density at radius 1 is 0.545 bits per heavy atom. The van der Waals surface area contributed by atoms with E-state index in [9.17, 15) is 78.0 Å². The zero-order valence-electron chi connectivity index (χ0n) is 57.8. The number of aliphatic hydroxyl groups is 2. The summed E-state index contributed by atoms with van der Waals surface area (Å²) >= 11 is 1.32. The molecular weight excluding hydrogens is 1310 g/mol. The number of hydrogen-bond donors (Lipinski definition) is 18. The number of carboxylic acid groups (broad SMARTS) is 1. The number of hydrogen-bond acceptors (Lipinski definition) is 20. The van der Waals surface area contributed by atoms with Crippen LogP contribution in [-0.2, 0) is 70.4 Å². The first-order chi connectivity index (χ1) is 46.7. The van der Waals surface area contributed by atoms with E-state index in [2.05, 4.69) is 57.2 Å². The van der Waals surface area contributed by atoms with Crippen molar-refractivity contribution in [3.05, 3.63) is 48.0 Å². The SMILES string of the molecule is CSCC[C@H](NC(=O)[C@H](CO)CC(=O)[C@@H](C)CCCN=C(N)N)C(=O)C[C@H](C(=O)N[C@@H](CC(=O)O)C(=O)C[C@@H](CCCCN)C(=O)N[C@@H](Cc1ccc(O)cc1)C(=O)N[C@@H](CCCN=C(N)N)C(=O)N[C@@H](CC(C)C)C(=O)N[C@@H](Cc1cnc[nH]1)C(=O)N[C@@H](CC(C)C)C(N)=O)[C@@H](C)O. The molecule has 0 saturated carbocycles. The summed E-state index contributed by atoms with van der Waals surface area (Å²) in [7, 11) is 0. The van der Waals surface area contributed by atoms with E-state index in [-0.39, 0.29) is 119 Å². The molecule has 554 valence electrons. The standard InChI is InChI=1S/C65H107N17O16S/c1-35(2)24-48(56(67)91)79-63(98)51(29-42-32-72-34-75-42)82-61(96)49(25-36(3)4)81-60(95)46(14-11-22-74-65(70)71)77-62(97)50(26-39-15-17-43(85)18-16-39)80-57(92)40(13-8-9-20-66)27-53(87)47(31-55(89)90)78-59(94)44(38(6)84)30-54(88)45(19-23-99-7)76-58(93)41(33-83)28-52(86)37(5)12-10-21-73-64(68)69/h15-18,32,34-38,40-41,44-51,83-85H,8-14,19-31,33,66H2,1-7H3,(H2,67,91)(H,72,75)(H,76,93)(H,77,97)(H,78,94)(H,79,98)(H,80,92)(H,81,95)(H,82,96)(H,89,90)(H4,68,69,73)(H4,70,71,74)/t37-,38+,40+,41-,44-,45-,46-,47-,48-,49-,50-,51-/m0/s1. The molecule has 33 nitrogen and oxygen atoms in total. The quantitative estimate of drug-likeness (QED) is 0.0195. The van der Waals surface area contributed by atoms with Crippen molar-refractivity contribution in [1.29, 1.82) is 0 Å². The number of amides is 8. The first kappa shape index (κ1) is 86.3. The molecule has 99 heavy (non-hydrogen) atoms. The van der Waals surface area contributed by atoms with Gasteiger partial charge in [0.05, 0.1) is 49.4 Å². The van der Waals surface area contributed by atoms with Gasteiger partial charge in [-0.2, -0.15) is 11.8 Å². The molecule has 12 atom stereocenters. The highest BCUT2D eigenvalue weighted by molar-refractivity contribution is 7.98. The van der Waals surface area contributed by atoms with Crippen molar-refractivity contribution in [2.75, 3.05) is 38.2 Å². The summed E-state index contributed by atoms with van der Waals surface area (Å²) in [5.41, 5.74) is 34.2. The Hall–Kier alpha value is -8.76. The van der Waals surface area contributed by atoms with Gasteiger partial charge in [-0.3, -0.25) is 67.5 Å². The van der Waals surface area contributed by atoms with Crippen LogP contribution in [0.5, 0.6) is 5.75 Å². The molecular formula is C65H107N17O16S. The number of phenols is 1. The summed E-state index contributed by atoms with van der Waals surface area (Å²) in [5.74, 6) is -16.0. The summed E-state index contributed by atoms with van der Waals surface area (Å²) in [6.45, 7) is 9.70. The van der Waals surface area contributed by atoms with Crippen molar-refractivity contribution >= 4 is 94.3 Å². The highest BCUT2D eigenvalue weighted by Crippen LogP contribution is 2.22. The van der Waals surface area contributed by atoms with Crippen LogP contribution in [0.2, 0.25) is 0 Å².